The van der Waals surface area contributed by atoms with E-state index in [1.807, 2.05) is 18.2 Å². The maximum atomic E-state index is 12.1. The van der Waals surface area contributed by atoms with E-state index in [1.165, 1.54) is 5.56 Å². The van der Waals surface area contributed by atoms with E-state index < -0.39 is 0 Å². The molecule has 20 heavy (non-hydrogen) atoms. The Kier molecular flexibility index (Phi) is 3.26. The predicted molar refractivity (Wildman–Crippen MR) is 76.8 cm³/mol. The molecule has 0 aliphatic heterocycles. The van der Waals surface area contributed by atoms with E-state index in [2.05, 4.69) is 40.4 Å². The monoisotopic (exact) mass is 270 g/mol. The number of hydrogen-bond donors (Lipinski definition) is 2. The van der Waals surface area contributed by atoms with Crippen molar-refractivity contribution in [1.82, 2.24) is 15.2 Å². The van der Waals surface area contributed by atoms with E-state index in [0.717, 1.165) is 24.4 Å². The third-order valence-corrected chi connectivity index (χ3v) is 3.48. The third-order valence-electron chi connectivity index (χ3n) is 3.48. The molecule has 0 saturated heterocycles. The third kappa shape index (κ3) is 2.71. The van der Waals surface area contributed by atoms with E-state index >= 15 is 0 Å². The second kappa shape index (κ2) is 5.07. The lowest BCUT2D eigenvalue weighted by Gasteiger charge is -2.08. The van der Waals surface area contributed by atoms with Crippen LogP contribution < -0.4 is 5.32 Å². The highest BCUT2D eigenvalue weighted by Crippen LogP contribution is 2.37. The van der Waals surface area contributed by atoms with Crippen LogP contribution in [0.1, 0.15) is 60.5 Å². The summed E-state index contributed by atoms with van der Waals surface area (Å²) in [5.74, 6) is 1.66. The summed E-state index contributed by atoms with van der Waals surface area (Å²) in [5.41, 5.74) is 1.97. The van der Waals surface area contributed by atoms with Crippen molar-refractivity contribution < 1.29 is 4.79 Å². The van der Waals surface area contributed by atoms with E-state index in [9.17, 15) is 4.79 Å². The second-order valence-corrected chi connectivity index (χ2v) is 5.55. The van der Waals surface area contributed by atoms with Crippen LogP contribution in [0.3, 0.4) is 0 Å². The number of rotatable bonds is 4. The first kappa shape index (κ1) is 12.8. The number of amides is 1. The normalized spacial score (nSPS) is 14.6. The van der Waals surface area contributed by atoms with Crippen LogP contribution in [-0.4, -0.2) is 21.1 Å². The summed E-state index contributed by atoms with van der Waals surface area (Å²) in [6.45, 7) is 4.25. The molecular formula is C15H18N4O. The number of nitrogens with one attached hydrogen (secondary N) is 2. The standard InChI is InChI=1S/C15H18N4O/c1-9(2)11-4-3-5-12(8-11)16-15(20)14-17-13(18-19-14)10-6-7-10/h3-5,8-10H,6-7H2,1-2H3,(H,16,20)(H,17,18,19). The summed E-state index contributed by atoms with van der Waals surface area (Å²) >= 11 is 0. The van der Waals surface area contributed by atoms with Crippen LogP contribution in [0, 0.1) is 0 Å². The van der Waals surface area contributed by atoms with Crippen molar-refractivity contribution in [2.24, 2.45) is 0 Å². The number of aromatic amines is 1. The maximum absolute atomic E-state index is 12.1. The number of carbonyl (C=O) groups is 1. The van der Waals surface area contributed by atoms with Crippen molar-refractivity contribution in [3.63, 3.8) is 0 Å². The Hall–Kier alpha value is -2.17. The highest BCUT2D eigenvalue weighted by atomic mass is 16.2. The van der Waals surface area contributed by atoms with Gasteiger partial charge in [0.25, 0.3) is 5.91 Å². The summed E-state index contributed by atoms with van der Waals surface area (Å²) < 4.78 is 0. The zero-order valence-corrected chi connectivity index (χ0v) is 11.7. The van der Waals surface area contributed by atoms with Crippen LogP contribution in [0.2, 0.25) is 0 Å². The molecule has 1 aromatic heterocycles. The van der Waals surface area contributed by atoms with Crippen molar-refractivity contribution in [2.75, 3.05) is 5.32 Å². The fourth-order valence-corrected chi connectivity index (χ4v) is 2.08. The van der Waals surface area contributed by atoms with Crippen LogP contribution in [-0.2, 0) is 0 Å². The molecule has 2 aromatic rings. The second-order valence-electron chi connectivity index (χ2n) is 5.55. The Morgan fingerprint density at radius 1 is 1.40 bits per heavy atom. The Labute approximate surface area is 117 Å². The van der Waals surface area contributed by atoms with Crippen LogP contribution in [0.25, 0.3) is 0 Å². The zero-order valence-electron chi connectivity index (χ0n) is 11.7. The molecule has 5 heteroatoms. The molecule has 104 valence electrons. The lowest BCUT2D eigenvalue weighted by molar-refractivity contribution is 0.101. The lowest BCUT2D eigenvalue weighted by Crippen LogP contribution is -2.14. The first-order valence-electron chi connectivity index (χ1n) is 6.97. The van der Waals surface area contributed by atoms with Crippen molar-refractivity contribution in [2.45, 2.75) is 38.5 Å². The van der Waals surface area contributed by atoms with Crippen molar-refractivity contribution in [1.29, 1.82) is 0 Å². The van der Waals surface area contributed by atoms with Gasteiger partial charge in [0.05, 0.1) is 0 Å². The van der Waals surface area contributed by atoms with Gasteiger partial charge in [0.2, 0.25) is 5.82 Å². The topological polar surface area (TPSA) is 70.7 Å². The fraction of sp³-hybridized carbons (Fsp3) is 0.400. The minimum Gasteiger partial charge on any atom is -0.319 e. The molecule has 0 radical (unpaired) electrons. The summed E-state index contributed by atoms with van der Waals surface area (Å²) in [7, 11) is 0. The van der Waals surface area contributed by atoms with E-state index in [0.29, 0.717) is 11.8 Å². The minimum absolute atomic E-state index is 0.210. The van der Waals surface area contributed by atoms with E-state index in [4.69, 9.17) is 0 Å². The molecule has 1 aliphatic rings. The average Bonchev–Trinajstić information content (AvgIpc) is 3.16. The van der Waals surface area contributed by atoms with Crippen molar-refractivity contribution in [3.8, 4) is 0 Å². The molecule has 0 atom stereocenters. The summed E-state index contributed by atoms with van der Waals surface area (Å²) in [5, 5.41) is 9.67. The van der Waals surface area contributed by atoms with Gasteiger partial charge in [-0.25, -0.2) is 4.98 Å². The molecule has 3 rings (SSSR count). The average molecular weight is 270 g/mol. The molecule has 1 aliphatic carbocycles. The lowest BCUT2D eigenvalue weighted by atomic mass is 10.0. The molecule has 0 spiro atoms. The smallest absolute Gasteiger partial charge is 0.295 e. The number of anilines is 1. The molecule has 0 unspecified atom stereocenters. The number of nitrogens with zero attached hydrogens (tertiary/aromatic N) is 2. The Balaban J connectivity index is 1.72. The summed E-state index contributed by atoms with van der Waals surface area (Å²) in [6, 6.07) is 7.85. The van der Waals surface area contributed by atoms with Gasteiger partial charge in [0.15, 0.2) is 0 Å². The molecular weight excluding hydrogens is 252 g/mol. The SMILES string of the molecule is CC(C)c1cccc(NC(=O)c2n[nH]c(C3CC3)n2)c1. The first-order valence-corrected chi connectivity index (χ1v) is 6.97. The molecule has 1 fully saturated rings. The minimum atomic E-state index is -0.269. The van der Waals surface area contributed by atoms with Gasteiger partial charge < -0.3 is 5.32 Å². The number of aromatic nitrogens is 3. The summed E-state index contributed by atoms with van der Waals surface area (Å²) in [4.78, 5) is 16.3. The van der Waals surface area contributed by atoms with Gasteiger partial charge in [-0.15, -0.1) is 5.10 Å². The van der Waals surface area contributed by atoms with Crippen LogP contribution in [0.4, 0.5) is 5.69 Å². The van der Waals surface area contributed by atoms with Gasteiger partial charge in [-0.05, 0) is 36.5 Å². The van der Waals surface area contributed by atoms with Crippen molar-refractivity contribution in [3.05, 3.63) is 41.5 Å². The Morgan fingerprint density at radius 2 is 2.20 bits per heavy atom. The number of hydrogen-bond acceptors (Lipinski definition) is 3. The molecule has 2 N–H and O–H groups in total. The Morgan fingerprint density at radius 3 is 2.90 bits per heavy atom. The van der Waals surface area contributed by atoms with Crippen LogP contribution in [0.15, 0.2) is 24.3 Å². The number of H-pyrrole nitrogens is 1. The zero-order chi connectivity index (χ0) is 14.1. The first-order chi connectivity index (χ1) is 9.63. The number of benzene rings is 1. The van der Waals surface area contributed by atoms with Crippen molar-refractivity contribution >= 4 is 11.6 Å². The quantitative estimate of drug-likeness (QED) is 0.897. The molecule has 5 nitrogen and oxygen atoms in total. The van der Waals surface area contributed by atoms with E-state index in [1.54, 1.807) is 0 Å². The van der Waals surface area contributed by atoms with Crippen LogP contribution >= 0.6 is 0 Å². The molecule has 1 heterocycles. The van der Waals surface area contributed by atoms with E-state index in [-0.39, 0.29) is 11.7 Å². The van der Waals surface area contributed by atoms with Gasteiger partial charge in [-0.1, -0.05) is 26.0 Å². The molecule has 0 bridgehead atoms. The number of carbonyl (C=O) groups excluding carboxylic acids is 1. The van der Waals surface area contributed by atoms with Gasteiger partial charge in [0.1, 0.15) is 5.82 Å². The Bertz CT molecular complexity index is 628. The fourth-order valence-electron chi connectivity index (χ4n) is 2.08. The molecule has 1 saturated carbocycles. The van der Waals surface area contributed by atoms with Gasteiger partial charge in [-0.2, -0.15) is 0 Å². The van der Waals surface area contributed by atoms with Gasteiger partial charge >= 0.3 is 0 Å². The summed E-state index contributed by atoms with van der Waals surface area (Å²) in [6.07, 6.45) is 2.26. The highest BCUT2D eigenvalue weighted by molar-refractivity contribution is 6.01. The van der Waals surface area contributed by atoms with Gasteiger partial charge in [-0.3, -0.25) is 9.89 Å². The van der Waals surface area contributed by atoms with Crippen LogP contribution in [0.5, 0.6) is 0 Å². The largest absolute Gasteiger partial charge is 0.319 e. The van der Waals surface area contributed by atoms with Gasteiger partial charge in [0, 0.05) is 11.6 Å². The maximum Gasteiger partial charge on any atom is 0.295 e. The molecule has 1 aromatic carbocycles. The molecule has 1 amide bonds. The predicted octanol–water partition coefficient (Wildman–Crippen LogP) is 3.06. The highest BCUT2D eigenvalue weighted by Gasteiger charge is 2.28.